The predicted octanol–water partition coefficient (Wildman–Crippen LogP) is 2.87. The first-order valence-corrected chi connectivity index (χ1v) is 9.57. The van der Waals surface area contributed by atoms with E-state index < -0.39 is 0 Å². The van der Waals surface area contributed by atoms with Gasteiger partial charge in [0.05, 0.1) is 31.1 Å². The average molecular weight is 379 g/mol. The fourth-order valence-corrected chi connectivity index (χ4v) is 3.27. The van der Waals surface area contributed by atoms with Crippen LogP contribution in [0.25, 0.3) is 16.8 Å². The van der Waals surface area contributed by atoms with Crippen molar-refractivity contribution in [1.82, 2.24) is 19.3 Å². The number of pyridine rings is 2. The van der Waals surface area contributed by atoms with E-state index in [1.165, 1.54) is 0 Å². The predicted molar refractivity (Wildman–Crippen MR) is 109 cm³/mol. The quantitative estimate of drug-likeness (QED) is 0.713. The zero-order chi connectivity index (χ0) is 19.7. The Hall–Kier alpha value is -2.93. The Kier molecular flexibility index (Phi) is 5.00. The smallest absolute Gasteiger partial charge is 0.250 e. The number of nitrogens with one attached hydrogen (secondary N) is 1. The highest BCUT2D eigenvalue weighted by Gasteiger charge is 2.18. The van der Waals surface area contributed by atoms with Crippen molar-refractivity contribution in [3.63, 3.8) is 0 Å². The summed E-state index contributed by atoms with van der Waals surface area (Å²) in [6.45, 7) is 8.33. The lowest BCUT2D eigenvalue weighted by molar-refractivity contribution is 0.0209. The van der Waals surface area contributed by atoms with Crippen molar-refractivity contribution in [2.45, 2.75) is 33.4 Å². The minimum atomic E-state index is 0.00447. The van der Waals surface area contributed by atoms with Crippen molar-refractivity contribution in [3.8, 4) is 16.8 Å². The van der Waals surface area contributed by atoms with Crippen molar-refractivity contribution >= 4 is 5.82 Å². The molecular weight excluding hydrogens is 354 g/mol. The van der Waals surface area contributed by atoms with Gasteiger partial charge in [-0.1, -0.05) is 13.8 Å². The average Bonchev–Trinajstić information content (AvgIpc) is 3.09. The van der Waals surface area contributed by atoms with Crippen LogP contribution in [-0.2, 0) is 11.3 Å². The molecule has 7 heteroatoms. The molecule has 1 aliphatic heterocycles. The molecule has 1 fully saturated rings. The van der Waals surface area contributed by atoms with Gasteiger partial charge in [-0.05, 0) is 31.0 Å². The third kappa shape index (κ3) is 3.84. The molecule has 146 valence electrons. The number of hydrogen-bond acceptors (Lipinski definition) is 5. The van der Waals surface area contributed by atoms with Crippen LogP contribution in [-0.4, -0.2) is 38.6 Å². The summed E-state index contributed by atoms with van der Waals surface area (Å²) in [6, 6.07) is 7.79. The van der Waals surface area contributed by atoms with Gasteiger partial charge in [0.25, 0.3) is 5.56 Å². The summed E-state index contributed by atoms with van der Waals surface area (Å²) in [6.07, 6.45) is 5.66. The molecular formula is C21H25N5O2. The molecule has 0 spiro atoms. The van der Waals surface area contributed by atoms with Crippen LogP contribution in [0.15, 0.2) is 47.7 Å². The largest absolute Gasteiger partial charge is 0.377 e. The molecule has 1 N–H and O–H groups in total. The van der Waals surface area contributed by atoms with Gasteiger partial charge in [-0.3, -0.25) is 4.79 Å². The minimum absolute atomic E-state index is 0.00447. The first kappa shape index (κ1) is 18.4. The molecule has 0 saturated carbocycles. The van der Waals surface area contributed by atoms with E-state index in [9.17, 15) is 4.79 Å². The van der Waals surface area contributed by atoms with Gasteiger partial charge in [0.15, 0.2) is 0 Å². The van der Waals surface area contributed by atoms with Gasteiger partial charge in [0.2, 0.25) is 0 Å². The zero-order valence-corrected chi connectivity index (χ0v) is 16.4. The van der Waals surface area contributed by atoms with Gasteiger partial charge < -0.3 is 14.6 Å². The van der Waals surface area contributed by atoms with Gasteiger partial charge in [-0.15, -0.1) is 0 Å². The van der Waals surface area contributed by atoms with Crippen LogP contribution >= 0.6 is 0 Å². The molecule has 0 aliphatic carbocycles. The highest BCUT2D eigenvalue weighted by molar-refractivity contribution is 5.66. The molecule has 4 heterocycles. The third-order valence-electron chi connectivity index (χ3n) is 4.76. The Morgan fingerprint density at radius 3 is 2.71 bits per heavy atom. The Labute approximate surface area is 164 Å². The van der Waals surface area contributed by atoms with Gasteiger partial charge in [0, 0.05) is 41.8 Å². The molecule has 0 unspecified atom stereocenters. The van der Waals surface area contributed by atoms with Gasteiger partial charge in [-0.25, -0.2) is 9.67 Å². The van der Waals surface area contributed by atoms with Crippen LogP contribution in [0.4, 0.5) is 5.82 Å². The molecule has 4 rings (SSSR count). The van der Waals surface area contributed by atoms with Crippen molar-refractivity contribution in [3.05, 3.63) is 58.9 Å². The molecule has 0 amide bonds. The second-order valence-corrected chi connectivity index (χ2v) is 7.65. The molecule has 0 atom stereocenters. The summed E-state index contributed by atoms with van der Waals surface area (Å²) >= 11 is 0. The minimum Gasteiger partial charge on any atom is -0.377 e. The maximum atomic E-state index is 12.1. The van der Waals surface area contributed by atoms with Gasteiger partial charge >= 0.3 is 0 Å². The summed E-state index contributed by atoms with van der Waals surface area (Å²) in [4.78, 5) is 16.7. The summed E-state index contributed by atoms with van der Waals surface area (Å²) in [7, 11) is 0. The van der Waals surface area contributed by atoms with Crippen molar-refractivity contribution in [1.29, 1.82) is 0 Å². The lowest BCUT2D eigenvalue weighted by Crippen LogP contribution is -2.40. The van der Waals surface area contributed by atoms with E-state index in [1.807, 2.05) is 31.6 Å². The monoisotopic (exact) mass is 379 g/mol. The molecule has 0 aromatic carbocycles. The molecule has 0 radical (unpaired) electrons. The summed E-state index contributed by atoms with van der Waals surface area (Å²) < 4.78 is 8.72. The Balaban J connectivity index is 1.58. The van der Waals surface area contributed by atoms with Crippen LogP contribution in [0.5, 0.6) is 0 Å². The summed E-state index contributed by atoms with van der Waals surface area (Å²) in [5.41, 5.74) is 3.84. The van der Waals surface area contributed by atoms with Crippen molar-refractivity contribution in [2.24, 2.45) is 5.92 Å². The van der Waals surface area contributed by atoms with E-state index in [0.717, 1.165) is 41.5 Å². The molecule has 7 nitrogen and oxygen atoms in total. The SMILES string of the molecule is Cc1nc(NC2COC2)ccc1-c1cnn(-c2ccc(=O)n(CC(C)C)c2)c1. The molecule has 3 aromatic heterocycles. The lowest BCUT2D eigenvalue weighted by Gasteiger charge is -2.27. The number of ether oxygens (including phenoxy) is 1. The second-order valence-electron chi connectivity index (χ2n) is 7.65. The van der Waals surface area contributed by atoms with Crippen molar-refractivity contribution in [2.75, 3.05) is 18.5 Å². The maximum Gasteiger partial charge on any atom is 0.250 e. The van der Waals surface area contributed by atoms with E-state index in [2.05, 4.69) is 35.3 Å². The zero-order valence-electron chi connectivity index (χ0n) is 16.4. The highest BCUT2D eigenvalue weighted by Crippen LogP contribution is 2.24. The molecule has 28 heavy (non-hydrogen) atoms. The fraction of sp³-hybridized carbons (Fsp3) is 0.381. The van der Waals surface area contributed by atoms with E-state index in [0.29, 0.717) is 18.5 Å². The van der Waals surface area contributed by atoms with Crippen LogP contribution in [0, 0.1) is 12.8 Å². The molecule has 1 saturated heterocycles. The van der Waals surface area contributed by atoms with E-state index in [1.54, 1.807) is 21.4 Å². The number of rotatable bonds is 6. The summed E-state index contributed by atoms with van der Waals surface area (Å²) in [5, 5.41) is 7.86. The first-order valence-electron chi connectivity index (χ1n) is 9.57. The van der Waals surface area contributed by atoms with Crippen LogP contribution in [0.3, 0.4) is 0 Å². The van der Waals surface area contributed by atoms with Crippen LogP contribution in [0.2, 0.25) is 0 Å². The normalized spacial score (nSPS) is 14.3. The Morgan fingerprint density at radius 1 is 1.21 bits per heavy atom. The Morgan fingerprint density at radius 2 is 2.04 bits per heavy atom. The molecule has 0 bridgehead atoms. The molecule has 1 aliphatic rings. The van der Waals surface area contributed by atoms with Gasteiger partial charge in [0.1, 0.15) is 5.82 Å². The highest BCUT2D eigenvalue weighted by atomic mass is 16.5. The van der Waals surface area contributed by atoms with E-state index in [-0.39, 0.29) is 5.56 Å². The van der Waals surface area contributed by atoms with E-state index in [4.69, 9.17) is 4.74 Å². The van der Waals surface area contributed by atoms with Gasteiger partial charge in [-0.2, -0.15) is 5.10 Å². The standard InChI is InChI=1S/C21H25N5O2/c1-14(2)9-25-11-18(4-7-21(25)27)26-10-16(8-22-26)19-5-6-20(23-15(19)3)24-17-12-28-13-17/h4-8,10-11,14,17H,9,12-13H2,1-3H3,(H,23,24). The van der Waals surface area contributed by atoms with E-state index >= 15 is 0 Å². The Bertz CT molecular complexity index is 1030. The lowest BCUT2D eigenvalue weighted by atomic mass is 10.1. The number of hydrogen-bond donors (Lipinski definition) is 1. The summed E-state index contributed by atoms with van der Waals surface area (Å²) in [5.74, 6) is 1.26. The number of nitrogens with zero attached hydrogens (tertiary/aromatic N) is 4. The topological polar surface area (TPSA) is 74.0 Å². The van der Waals surface area contributed by atoms with Crippen LogP contribution in [0.1, 0.15) is 19.5 Å². The third-order valence-corrected chi connectivity index (χ3v) is 4.76. The first-order chi connectivity index (χ1) is 13.5. The second kappa shape index (κ2) is 7.59. The number of aryl methyl sites for hydroxylation is 1. The number of aromatic nitrogens is 4. The molecule has 3 aromatic rings. The number of anilines is 1. The van der Waals surface area contributed by atoms with Crippen molar-refractivity contribution < 1.29 is 4.74 Å². The fourth-order valence-electron chi connectivity index (χ4n) is 3.27. The van der Waals surface area contributed by atoms with Crippen LogP contribution < -0.4 is 10.9 Å². The maximum absolute atomic E-state index is 12.1.